The topological polar surface area (TPSA) is 0 Å². The van der Waals surface area contributed by atoms with Crippen LogP contribution in [0.1, 0.15) is 18.1 Å². The fourth-order valence-corrected chi connectivity index (χ4v) is 1.22. The Balaban J connectivity index is 0.000000791. The first kappa shape index (κ1) is 12.4. The van der Waals surface area contributed by atoms with Gasteiger partial charge in [-0.15, -0.1) is 13.2 Å². The van der Waals surface area contributed by atoms with Gasteiger partial charge in [-0.1, -0.05) is 43.0 Å². The van der Waals surface area contributed by atoms with Crippen LogP contribution in [0.4, 0.5) is 0 Å². The highest BCUT2D eigenvalue weighted by Gasteiger charge is 1.96. The Kier molecular flexibility index (Phi) is 6.13. The highest BCUT2D eigenvalue weighted by atomic mass is 14.0. The molecule has 0 saturated carbocycles. The summed E-state index contributed by atoms with van der Waals surface area (Å²) in [5.41, 5.74) is 3.59. The molecule has 0 nitrogen and oxygen atoms in total. The van der Waals surface area contributed by atoms with E-state index < -0.39 is 0 Å². The largest absolute Gasteiger partial charge is 0.106 e. The van der Waals surface area contributed by atoms with Gasteiger partial charge in [-0.2, -0.15) is 0 Å². The van der Waals surface area contributed by atoms with Gasteiger partial charge in [0.2, 0.25) is 0 Å². The maximum Gasteiger partial charge on any atom is -0.0161 e. The number of hydrogen-bond acceptors (Lipinski definition) is 0. The zero-order valence-electron chi connectivity index (χ0n) is 9.09. The van der Waals surface area contributed by atoms with Gasteiger partial charge in [-0.05, 0) is 30.5 Å². The van der Waals surface area contributed by atoms with Gasteiger partial charge >= 0.3 is 0 Å². The predicted octanol–water partition coefficient (Wildman–Crippen LogP) is 4.39. The van der Waals surface area contributed by atoms with Crippen molar-refractivity contribution in [2.45, 2.75) is 13.8 Å². The van der Waals surface area contributed by atoms with E-state index in [1.54, 1.807) is 0 Å². The van der Waals surface area contributed by atoms with E-state index in [0.717, 1.165) is 5.57 Å². The standard InChI is InChI=1S/C12H14.C2H4/c1-4-7-10(2)12-9-6-5-8-11(12)3;1-2/h4-9H,2H2,1,3H3;1-2H2/b7-4-;. The molecule has 0 radical (unpaired) electrons. The first-order valence-electron chi connectivity index (χ1n) is 4.63. The molecule has 0 amide bonds. The van der Waals surface area contributed by atoms with Gasteiger partial charge in [0.1, 0.15) is 0 Å². The Morgan fingerprint density at radius 2 is 1.79 bits per heavy atom. The molecule has 1 aromatic carbocycles. The van der Waals surface area contributed by atoms with Gasteiger partial charge in [-0.25, -0.2) is 0 Å². The molecule has 14 heavy (non-hydrogen) atoms. The summed E-state index contributed by atoms with van der Waals surface area (Å²) in [6.45, 7) is 14.1. The van der Waals surface area contributed by atoms with Crippen molar-refractivity contribution >= 4 is 5.57 Å². The van der Waals surface area contributed by atoms with Crippen LogP contribution in [0.2, 0.25) is 0 Å². The normalized spacial score (nSPS) is 9.29. The zero-order chi connectivity index (χ0) is 11.0. The Labute approximate surface area is 87.3 Å². The van der Waals surface area contributed by atoms with Crippen LogP contribution in [-0.4, -0.2) is 0 Å². The van der Waals surface area contributed by atoms with Crippen LogP contribution in [0.3, 0.4) is 0 Å². The monoisotopic (exact) mass is 186 g/mol. The molecule has 0 heteroatoms. The maximum absolute atomic E-state index is 3.99. The van der Waals surface area contributed by atoms with Crippen molar-refractivity contribution in [2.24, 2.45) is 0 Å². The van der Waals surface area contributed by atoms with E-state index in [4.69, 9.17) is 0 Å². The average molecular weight is 186 g/mol. The van der Waals surface area contributed by atoms with Gasteiger partial charge < -0.3 is 0 Å². The highest BCUT2D eigenvalue weighted by Crippen LogP contribution is 2.17. The van der Waals surface area contributed by atoms with Gasteiger partial charge in [0.15, 0.2) is 0 Å². The molecule has 0 N–H and O–H groups in total. The first-order chi connectivity index (χ1) is 6.75. The molecule has 1 rings (SSSR count). The van der Waals surface area contributed by atoms with Crippen LogP contribution in [0.25, 0.3) is 5.57 Å². The molecule has 74 valence electrons. The lowest BCUT2D eigenvalue weighted by Gasteiger charge is -2.03. The molecule has 0 fully saturated rings. The Hall–Kier alpha value is -1.56. The molecule has 0 aliphatic heterocycles. The molecule has 0 saturated heterocycles. The number of benzene rings is 1. The van der Waals surface area contributed by atoms with Crippen molar-refractivity contribution in [1.29, 1.82) is 0 Å². The third-order valence-corrected chi connectivity index (χ3v) is 1.86. The van der Waals surface area contributed by atoms with Crippen molar-refractivity contribution in [3.8, 4) is 0 Å². The second-order valence-corrected chi connectivity index (χ2v) is 2.84. The maximum atomic E-state index is 3.99. The molecular weight excluding hydrogens is 168 g/mol. The smallest absolute Gasteiger partial charge is 0.0161 e. The van der Waals surface area contributed by atoms with Crippen molar-refractivity contribution in [2.75, 3.05) is 0 Å². The lowest BCUT2D eigenvalue weighted by molar-refractivity contribution is 1.43. The van der Waals surface area contributed by atoms with Crippen LogP contribution < -0.4 is 0 Å². The third kappa shape index (κ3) is 3.44. The minimum Gasteiger partial charge on any atom is -0.106 e. The second kappa shape index (κ2) is 6.90. The van der Waals surface area contributed by atoms with Crippen molar-refractivity contribution in [3.63, 3.8) is 0 Å². The second-order valence-electron chi connectivity index (χ2n) is 2.84. The quantitative estimate of drug-likeness (QED) is 0.475. The van der Waals surface area contributed by atoms with E-state index >= 15 is 0 Å². The first-order valence-corrected chi connectivity index (χ1v) is 4.63. The number of hydrogen-bond donors (Lipinski definition) is 0. The molecule has 0 heterocycles. The molecule has 1 aromatic rings. The minimum atomic E-state index is 1.08. The van der Waals surface area contributed by atoms with Crippen LogP contribution in [0.15, 0.2) is 56.2 Å². The van der Waals surface area contributed by atoms with Crippen LogP contribution in [-0.2, 0) is 0 Å². The molecule has 0 aliphatic rings. The van der Waals surface area contributed by atoms with E-state index in [-0.39, 0.29) is 0 Å². The average Bonchev–Trinajstić information content (AvgIpc) is 2.22. The Morgan fingerprint density at radius 1 is 1.21 bits per heavy atom. The summed E-state index contributed by atoms with van der Waals surface area (Å²) in [6.07, 6.45) is 4.04. The molecule has 0 aromatic heterocycles. The molecule has 0 unspecified atom stereocenters. The van der Waals surface area contributed by atoms with Crippen molar-refractivity contribution < 1.29 is 0 Å². The Bertz CT molecular complexity index is 319. The van der Waals surface area contributed by atoms with E-state index in [9.17, 15) is 0 Å². The van der Waals surface area contributed by atoms with Crippen LogP contribution in [0, 0.1) is 6.92 Å². The van der Waals surface area contributed by atoms with E-state index in [1.165, 1.54) is 11.1 Å². The number of rotatable bonds is 2. The lowest BCUT2D eigenvalue weighted by Crippen LogP contribution is -1.83. The fourth-order valence-electron chi connectivity index (χ4n) is 1.22. The molecule has 0 spiro atoms. The summed E-state index contributed by atoms with van der Waals surface area (Å²) in [4.78, 5) is 0. The summed E-state index contributed by atoms with van der Waals surface area (Å²) in [5, 5.41) is 0. The summed E-state index contributed by atoms with van der Waals surface area (Å²) in [7, 11) is 0. The van der Waals surface area contributed by atoms with Gasteiger partial charge in [-0.3, -0.25) is 0 Å². The van der Waals surface area contributed by atoms with Crippen molar-refractivity contribution in [3.05, 3.63) is 67.3 Å². The van der Waals surface area contributed by atoms with Gasteiger partial charge in [0.25, 0.3) is 0 Å². The highest BCUT2D eigenvalue weighted by molar-refractivity contribution is 5.73. The molecule has 0 bridgehead atoms. The van der Waals surface area contributed by atoms with Crippen LogP contribution >= 0.6 is 0 Å². The number of allylic oxidation sites excluding steroid dienone is 3. The summed E-state index contributed by atoms with van der Waals surface area (Å²) in [6, 6.07) is 8.28. The zero-order valence-corrected chi connectivity index (χ0v) is 9.09. The molecule has 0 atom stereocenters. The third-order valence-electron chi connectivity index (χ3n) is 1.86. The van der Waals surface area contributed by atoms with E-state index in [0.29, 0.717) is 0 Å². The molecule has 0 aliphatic carbocycles. The lowest BCUT2D eigenvalue weighted by atomic mass is 10.0. The SMILES string of the molecule is C=C.C=C(/C=C\C)c1ccccc1C. The van der Waals surface area contributed by atoms with E-state index in [1.807, 2.05) is 31.2 Å². The number of aryl methyl sites for hydroxylation is 1. The summed E-state index contributed by atoms with van der Waals surface area (Å²) < 4.78 is 0. The van der Waals surface area contributed by atoms with Gasteiger partial charge in [0.05, 0.1) is 0 Å². The van der Waals surface area contributed by atoms with E-state index in [2.05, 4.69) is 38.8 Å². The Morgan fingerprint density at radius 3 is 2.29 bits per heavy atom. The van der Waals surface area contributed by atoms with Crippen LogP contribution in [0.5, 0.6) is 0 Å². The van der Waals surface area contributed by atoms with Gasteiger partial charge in [0, 0.05) is 0 Å². The minimum absolute atomic E-state index is 1.08. The summed E-state index contributed by atoms with van der Waals surface area (Å²) in [5.74, 6) is 0. The van der Waals surface area contributed by atoms with Crippen molar-refractivity contribution in [1.82, 2.24) is 0 Å². The summed E-state index contributed by atoms with van der Waals surface area (Å²) >= 11 is 0. The molecular formula is C14H18. The fraction of sp³-hybridized carbons (Fsp3) is 0.143. The predicted molar refractivity (Wildman–Crippen MR) is 66.3 cm³/mol.